The number of rotatable bonds is 4. The number of ether oxygens (including phenoxy) is 1. The average molecular weight is 400 g/mol. The van der Waals surface area contributed by atoms with Crippen LogP contribution in [0.2, 0.25) is 0 Å². The standard InChI is InChI=1S/C21H28N4O4/c1-15(26)23-20(2)14-21(28-13-17(20)27)8-10-25(11-9-21)12-18-22-19(29-24-18)16-6-4-3-5-7-16/h3-7,17,27H,8-14H2,1-2H3,(H,23,26)/t17-,20-/m0/s1. The lowest BCUT2D eigenvalue weighted by molar-refractivity contribution is -0.181. The molecule has 3 heterocycles. The fourth-order valence-electron chi connectivity index (χ4n) is 4.46. The van der Waals surface area contributed by atoms with E-state index in [2.05, 4.69) is 20.4 Å². The molecule has 2 aromatic rings. The predicted molar refractivity (Wildman–Crippen MR) is 106 cm³/mol. The Balaban J connectivity index is 1.36. The maximum atomic E-state index is 11.6. The van der Waals surface area contributed by atoms with Crippen molar-refractivity contribution in [1.82, 2.24) is 20.4 Å². The van der Waals surface area contributed by atoms with Gasteiger partial charge in [-0.2, -0.15) is 4.98 Å². The molecule has 1 amide bonds. The number of carbonyl (C=O) groups excluding carboxylic acids is 1. The first-order chi connectivity index (χ1) is 13.9. The molecule has 0 saturated carbocycles. The second-order valence-corrected chi connectivity index (χ2v) is 8.44. The quantitative estimate of drug-likeness (QED) is 0.806. The van der Waals surface area contributed by atoms with Crippen LogP contribution in [0.25, 0.3) is 11.5 Å². The Labute approximate surface area is 170 Å². The number of piperidine rings is 1. The molecular weight excluding hydrogens is 372 g/mol. The van der Waals surface area contributed by atoms with Crippen molar-refractivity contribution < 1.29 is 19.2 Å². The molecule has 8 heteroatoms. The van der Waals surface area contributed by atoms with Crippen LogP contribution in [-0.4, -0.2) is 63.0 Å². The van der Waals surface area contributed by atoms with Gasteiger partial charge in [0, 0.05) is 32.0 Å². The molecule has 2 N–H and O–H groups in total. The van der Waals surface area contributed by atoms with E-state index < -0.39 is 11.6 Å². The number of benzene rings is 1. The van der Waals surface area contributed by atoms with E-state index in [1.54, 1.807) is 0 Å². The summed E-state index contributed by atoms with van der Waals surface area (Å²) in [7, 11) is 0. The van der Waals surface area contributed by atoms with Gasteiger partial charge in [0.1, 0.15) is 6.10 Å². The second-order valence-electron chi connectivity index (χ2n) is 8.44. The molecule has 0 bridgehead atoms. The van der Waals surface area contributed by atoms with Crippen molar-refractivity contribution in [3.8, 4) is 11.5 Å². The maximum Gasteiger partial charge on any atom is 0.257 e. The van der Waals surface area contributed by atoms with Crippen molar-refractivity contribution in [2.45, 2.75) is 56.9 Å². The summed E-state index contributed by atoms with van der Waals surface area (Å²) in [6.07, 6.45) is 1.57. The lowest BCUT2D eigenvalue weighted by Gasteiger charge is -2.51. The van der Waals surface area contributed by atoms with Crippen LogP contribution in [0.3, 0.4) is 0 Å². The van der Waals surface area contributed by atoms with Crippen molar-refractivity contribution in [2.24, 2.45) is 0 Å². The van der Waals surface area contributed by atoms with Gasteiger partial charge in [-0.3, -0.25) is 9.69 Å². The van der Waals surface area contributed by atoms with Gasteiger partial charge in [0.15, 0.2) is 5.82 Å². The highest BCUT2D eigenvalue weighted by molar-refractivity contribution is 5.74. The minimum Gasteiger partial charge on any atom is -0.388 e. The zero-order chi connectivity index (χ0) is 20.5. The average Bonchev–Trinajstić information content (AvgIpc) is 3.16. The van der Waals surface area contributed by atoms with Crippen LogP contribution in [0.1, 0.15) is 38.9 Å². The fraction of sp³-hybridized carbons (Fsp3) is 0.571. The van der Waals surface area contributed by atoms with Crippen LogP contribution in [0.4, 0.5) is 0 Å². The summed E-state index contributed by atoms with van der Waals surface area (Å²) in [5, 5.41) is 17.4. The van der Waals surface area contributed by atoms with E-state index >= 15 is 0 Å². The molecule has 1 spiro atoms. The molecule has 4 rings (SSSR count). The van der Waals surface area contributed by atoms with Gasteiger partial charge >= 0.3 is 0 Å². The zero-order valence-corrected chi connectivity index (χ0v) is 16.9. The Bertz CT molecular complexity index is 847. The first-order valence-corrected chi connectivity index (χ1v) is 10.1. The molecule has 1 aromatic heterocycles. The smallest absolute Gasteiger partial charge is 0.257 e. The number of carbonyl (C=O) groups is 1. The van der Waals surface area contributed by atoms with Crippen LogP contribution < -0.4 is 5.32 Å². The fourth-order valence-corrected chi connectivity index (χ4v) is 4.46. The minimum atomic E-state index is -0.703. The van der Waals surface area contributed by atoms with Crippen LogP contribution >= 0.6 is 0 Å². The molecule has 0 aliphatic carbocycles. The second kappa shape index (κ2) is 7.85. The van der Waals surface area contributed by atoms with Crippen molar-refractivity contribution in [3.63, 3.8) is 0 Å². The number of likely N-dealkylation sites (tertiary alicyclic amines) is 1. The first kappa shape index (κ1) is 20.0. The van der Waals surface area contributed by atoms with E-state index in [4.69, 9.17) is 9.26 Å². The van der Waals surface area contributed by atoms with E-state index in [0.29, 0.717) is 24.7 Å². The monoisotopic (exact) mass is 400 g/mol. The molecule has 2 fully saturated rings. The Morgan fingerprint density at radius 2 is 2.03 bits per heavy atom. The number of amides is 1. The summed E-state index contributed by atoms with van der Waals surface area (Å²) in [5.41, 5.74) is -0.0700. The van der Waals surface area contributed by atoms with Crippen LogP contribution in [-0.2, 0) is 16.1 Å². The highest BCUT2D eigenvalue weighted by Crippen LogP contribution is 2.39. The van der Waals surface area contributed by atoms with Gasteiger partial charge in [-0.25, -0.2) is 0 Å². The minimum absolute atomic E-state index is 0.132. The summed E-state index contributed by atoms with van der Waals surface area (Å²) in [6, 6.07) is 9.73. The molecule has 2 atom stereocenters. The third kappa shape index (κ3) is 4.34. The van der Waals surface area contributed by atoms with E-state index in [9.17, 15) is 9.90 Å². The number of nitrogens with one attached hydrogen (secondary N) is 1. The molecule has 8 nitrogen and oxygen atoms in total. The zero-order valence-electron chi connectivity index (χ0n) is 16.9. The Hall–Kier alpha value is -2.29. The summed E-state index contributed by atoms with van der Waals surface area (Å²) >= 11 is 0. The van der Waals surface area contributed by atoms with Crippen molar-refractivity contribution in [2.75, 3.05) is 19.7 Å². The number of aliphatic hydroxyl groups is 1. The molecule has 0 unspecified atom stereocenters. The van der Waals surface area contributed by atoms with E-state index in [-0.39, 0.29) is 18.1 Å². The Morgan fingerprint density at radius 3 is 2.72 bits per heavy atom. The number of hydrogen-bond donors (Lipinski definition) is 2. The SMILES string of the molecule is CC(=O)N[C@@]1(C)CC2(CCN(Cc3noc(-c4ccccc4)n3)CC2)OC[C@@H]1O. The number of aliphatic hydroxyl groups excluding tert-OH is 1. The largest absolute Gasteiger partial charge is 0.388 e. The van der Waals surface area contributed by atoms with E-state index in [1.165, 1.54) is 6.92 Å². The van der Waals surface area contributed by atoms with Crippen molar-refractivity contribution in [1.29, 1.82) is 0 Å². The summed E-state index contributed by atoms with van der Waals surface area (Å²) < 4.78 is 11.5. The van der Waals surface area contributed by atoms with Crippen molar-refractivity contribution >= 4 is 5.91 Å². The summed E-state index contributed by atoms with van der Waals surface area (Å²) in [4.78, 5) is 18.4. The topological polar surface area (TPSA) is 101 Å². The third-order valence-electron chi connectivity index (χ3n) is 6.05. The normalized spacial score (nSPS) is 27.1. The van der Waals surface area contributed by atoms with E-state index in [0.717, 1.165) is 31.5 Å². The van der Waals surface area contributed by atoms with Gasteiger partial charge in [-0.05, 0) is 31.9 Å². The van der Waals surface area contributed by atoms with Crippen LogP contribution in [0.5, 0.6) is 0 Å². The maximum absolute atomic E-state index is 11.6. The summed E-state index contributed by atoms with van der Waals surface area (Å²) in [6.45, 7) is 5.92. The molecule has 1 aromatic carbocycles. The molecule has 2 aliphatic rings. The van der Waals surface area contributed by atoms with Crippen LogP contribution in [0.15, 0.2) is 34.9 Å². The summed E-state index contributed by atoms with van der Waals surface area (Å²) in [5.74, 6) is 1.07. The van der Waals surface area contributed by atoms with Gasteiger partial charge in [-0.15, -0.1) is 0 Å². The number of aromatic nitrogens is 2. The van der Waals surface area contributed by atoms with Crippen molar-refractivity contribution in [3.05, 3.63) is 36.2 Å². The predicted octanol–water partition coefficient (Wildman–Crippen LogP) is 1.75. The number of hydrogen-bond acceptors (Lipinski definition) is 7. The molecule has 2 saturated heterocycles. The highest BCUT2D eigenvalue weighted by Gasteiger charge is 2.49. The third-order valence-corrected chi connectivity index (χ3v) is 6.05. The number of nitrogens with zero attached hydrogens (tertiary/aromatic N) is 3. The lowest BCUT2D eigenvalue weighted by Crippen LogP contribution is -2.65. The van der Waals surface area contributed by atoms with Gasteiger partial charge in [0.2, 0.25) is 5.91 Å². The molecule has 156 valence electrons. The van der Waals surface area contributed by atoms with Crippen LogP contribution in [0, 0.1) is 0 Å². The Kier molecular flexibility index (Phi) is 5.42. The molecule has 0 radical (unpaired) electrons. The molecule has 29 heavy (non-hydrogen) atoms. The molecular formula is C21H28N4O4. The van der Waals surface area contributed by atoms with Gasteiger partial charge in [-0.1, -0.05) is 23.4 Å². The first-order valence-electron chi connectivity index (χ1n) is 10.1. The lowest BCUT2D eigenvalue weighted by atomic mass is 9.74. The highest BCUT2D eigenvalue weighted by atomic mass is 16.5. The Morgan fingerprint density at radius 1 is 1.31 bits per heavy atom. The van der Waals surface area contributed by atoms with Gasteiger partial charge < -0.3 is 19.7 Å². The van der Waals surface area contributed by atoms with Gasteiger partial charge in [0.05, 0.1) is 24.3 Å². The molecule has 2 aliphatic heterocycles. The van der Waals surface area contributed by atoms with E-state index in [1.807, 2.05) is 37.3 Å². The van der Waals surface area contributed by atoms with Gasteiger partial charge in [0.25, 0.3) is 5.89 Å².